The molecule has 2 amide bonds. The standard InChI is InChI=1S/C27H30BrN5O3/c1-4-6-15-33(5-2)25(29)18-7-9-19(10-8-18)26(34)31-23-13-12-21(36-3)16-22(23)27(35)32-24-14-11-20(28)17-30-24/h7-14,16-17,29H,4-6,15H2,1-3H3,(H,31,34)(H,30,32,35). The molecule has 3 N–H and O–H groups in total. The molecule has 0 unspecified atom stereocenters. The zero-order valence-corrected chi connectivity index (χ0v) is 22.2. The van der Waals surface area contributed by atoms with Gasteiger partial charge in [0.25, 0.3) is 11.8 Å². The summed E-state index contributed by atoms with van der Waals surface area (Å²) < 4.78 is 6.06. The molecule has 0 saturated carbocycles. The third kappa shape index (κ3) is 6.91. The summed E-state index contributed by atoms with van der Waals surface area (Å²) in [6.07, 6.45) is 3.66. The van der Waals surface area contributed by atoms with Crippen molar-refractivity contribution in [3.63, 3.8) is 0 Å². The van der Waals surface area contributed by atoms with Gasteiger partial charge >= 0.3 is 0 Å². The first-order valence-electron chi connectivity index (χ1n) is 11.7. The first-order valence-corrected chi connectivity index (χ1v) is 12.5. The second-order valence-corrected chi connectivity index (χ2v) is 8.96. The van der Waals surface area contributed by atoms with Crippen molar-refractivity contribution in [1.82, 2.24) is 9.88 Å². The van der Waals surface area contributed by atoms with Crippen molar-refractivity contribution in [3.8, 4) is 5.75 Å². The fourth-order valence-corrected chi connectivity index (χ4v) is 3.75. The van der Waals surface area contributed by atoms with Crippen LogP contribution in [-0.4, -0.2) is 47.7 Å². The van der Waals surface area contributed by atoms with Crippen molar-refractivity contribution in [2.24, 2.45) is 0 Å². The predicted molar refractivity (Wildman–Crippen MR) is 146 cm³/mol. The molecule has 0 saturated heterocycles. The van der Waals surface area contributed by atoms with Crippen LogP contribution in [0.1, 0.15) is 53.0 Å². The van der Waals surface area contributed by atoms with Crippen LogP contribution in [0.25, 0.3) is 0 Å². The number of pyridine rings is 1. The Kier molecular flexibility index (Phi) is 9.58. The molecule has 8 nitrogen and oxygen atoms in total. The number of carbonyl (C=O) groups is 2. The van der Waals surface area contributed by atoms with Gasteiger partial charge in [0.05, 0.1) is 18.4 Å². The number of amides is 2. The molecule has 0 bridgehead atoms. The lowest BCUT2D eigenvalue weighted by Crippen LogP contribution is -2.31. The number of hydrogen-bond donors (Lipinski definition) is 3. The molecule has 2 aromatic carbocycles. The number of methoxy groups -OCH3 is 1. The molecule has 0 radical (unpaired) electrons. The van der Waals surface area contributed by atoms with Crippen molar-refractivity contribution >= 4 is 45.1 Å². The number of rotatable bonds is 10. The highest BCUT2D eigenvalue weighted by Crippen LogP contribution is 2.24. The summed E-state index contributed by atoms with van der Waals surface area (Å²) >= 11 is 3.32. The van der Waals surface area contributed by atoms with E-state index in [0.29, 0.717) is 28.7 Å². The lowest BCUT2D eigenvalue weighted by molar-refractivity contribution is 0.102. The number of amidine groups is 1. The van der Waals surface area contributed by atoms with E-state index in [1.54, 1.807) is 60.8 Å². The summed E-state index contributed by atoms with van der Waals surface area (Å²) in [5.74, 6) is 0.491. The van der Waals surface area contributed by atoms with E-state index in [1.165, 1.54) is 7.11 Å². The van der Waals surface area contributed by atoms with Gasteiger partial charge in [-0.1, -0.05) is 25.5 Å². The average molecular weight is 552 g/mol. The zero-order chi connectivity index (χ0) is 26.1. The van der Waals surface area contributed by atoms with Gasteiger partial charge in [0, 0.05) is 34.9 Å². The Balaban J connectivity index is 1.77. The van der Waals surface area contributed by atoms with Crippen LogP contribution in [0, 0.1) is 5.41 Å². The number of benzene rings is 2. The Morgan fingerprint density at radius 2 is 1.72 bits per heavy atom. The Morgan fingerprint density at radius 3 is 2.33 bits per heavy atom. The Labute approximate surface area is 219 Å². The minimum atomic E-state index is -0.436. The van der Waals surface area contributed by atoms with Crippen molar-refractivity contribution in [1.29, 1.82) is 5.41 Å². The summed E-state index contributed by atoms with van der Waals surface area (Å²) in [6, 6.07) is 15.2. The number of ether oxygens (including phenoxy) is 1. The van der Waals surface area contributed by atoms with E-state index in [2.05, 4.69) is 38.5 Å². The van der Waals surface area contributed by atoms with Gasteiger partial charge in [-0.2, -0.15) is 0 Å². The van der Waals surface area contributed by atoms with Gasteiger partial charge < -0.3 is 20.3 Å². The van der Waals surface area contributed by atoms with E-state index in [0.717, 1.165) is 36.0 Å². The van der Waals surface area contributed by atoms with Gasteiger partial charge in [-0.25, -0.2) is 4.98 Å². The SMILES string of the molecule is CCCCN(CC)C(=N)c1ccc(C(=O)Nc2ccc(OC)cc2C(=O)Nc2ccc(Br)cn2)cc1. The van der Waals surface area contributed by atoms with Crippen molar-refractivity contribution in [2.45, 2.75) is 26.7 Å². The molecule has 0 aliphatic heterocycles. The number of hydrogen-bond acceptors (Lipinski definition) is 5. The van der Waals surface area contributed by atoms with Gasteiger partial charge in [0.2, 0.25) is 0 Å². The van der Waals surface area contributed by atoms with Crippen LogP contribution in [0.2, 0.25) is 0 Å². The topological polar surface area (TPSA) is 107 Å². The highest BCUT2D eigenvalue weighted by molar-refractivity contribution is 9.10. The minimum Gasteiger partial charge on any atom is -0.497 e. The molecule has 9 heteroatoms. The minimum absolute atomic E-state index is 0.236. The number of unbranched alkanes of at least 4 members (excludes halogenated alkanes) is 1. The van der Waals surface area contributed by atoms with Crippen LogP contribution in [0.5, 0.6) is 5.75 Å². The molecule has 36 heavy (non-hydrogen) atoms. The van der Waals surface area contributed by atoms with Gasteiger partial charge in [-0.05, 0) is 71.7 Å². The molecule has 1 aromatic heterocycles. The summed E-state index contributed by atoms with van der Waals surface area (Å²) in [6.45, 7) is 5.73. The molecule has 0 spiro atoms. The summed E-state index contributed by atoms with van der Waals surface area (Å²) in [5.41, 5.74) is 1.74. The zero-order valence-electron chi connectivity index (χ0n) is 20.6. The normalized spacial score (nSPS) is 10.4. The number of carbonyl (C=O) groups excluding carboxylic acids is 2. The second-order valence-electron chi connectivity index (χ2n) is 8.04. The van der Waals surface area contributed by atoms with E-state index in [4.69, 9.17) is 10.1 Å². The second kappa shape index (κ2) is 12.8. The first kappa shape index (κ1) is 26.9. The third-order valence-electron chi connectivity index (χ3n) is 5.59. The number of aromatic nitrogens is 1. The Morgan fingerprint density at radius 1 is 1.00 bits per heavy atom. The van der Waals surface area contributed by atoms with E-state index in [1.807, 2.05) is 11.8 Å². The van der Waals surface area contributed by atoms with E-state index in [9.17, 15) is 9.59 Å². The van der Waals surface area contributed by atoms with Crippen molar-refractivity contribution in [2.75, 3.05) is 30.8 Å². The molecule has 3 rings (SSSR count). The monoisotopic (exact) mass is 551 g/mol. The quantitative estimate of drug-likeness (QED) is 0.218. The fourth-order valence-electron chi connectivity index (χ4n) is 3.51. The first-order chi connectivity index (χ1) is 17.4. The maximum Gasteiger partial charge on any atom is 0.259 e. The number of anilines is 2. The van der Waals surface area contributed by atoms with E-state index < -0.39 is 5.91 Å². The number of halogens is 1. The van der Waals surface area contributed by atoms with Crippen molar-refractivity contribution < 1.29 is 14.3 Å². The van der Waals surface area contributed by atoms with Crippen LogP contribution in [0.4, 0.5) is 11.5 Å². The molecule has 1 heterocycles. The molecule has 188 valence electrons. The van der Waals surface area contributed by atoms with Gasteiger partial charge in [0.1, 0.15) is 17.4 Å². The van der Waals surface area contributed by atoms with Crippen LogP contribution < -0.4 is 15.4 Å². The van der Waals surface area contributed by atoms with Gasteiger partial charge in [-0.15, -0.1) is 0 Å². The Hall–Kier alpha value is -3.72. The maximum atomic E-state index is 13.0. The van der Waals surface area contributed by atoms with E-state index in [-0.39, 0.29) is 11.5 Å². The smallest absolute Gasteiger partial charge is 0.259 e. The molecule has 0 aliphatic rings. The average Bonchev–Trinajstić information content (AvgIpc) is 2.90. The molecule has 0 aliphatic carbocycles. The highest BCUT2D eigenvalue weighted by Gasteiger charge is 2.17. The molecular formula is C27H30BrN5O3. The summed E-state index contributed by atoms with van der Waals surface area (Å²) in [4.78, 5) is 32.2. The highest BCUT2D eigenvalue weighted by atomic mass is 79.9. The molecule has 0 atom stereocenters. The lowest BCUT2D eigenvalue weighted by atomic mass is 10.1. The van der Waals surface area contributed by atoms with E-state index >= 15 is 0 Å². The lowest BCUT2D eigenvalue weighted by Gasteiger charge is -2.23. The fraction of sp³-hybridized carbons (Fsp3) is 0.259. The number of nitrogens with zero attached hydrogens (tertiary/aromatic N) is 2. The van der Waals surface area contributed by atoms with Crippen LogP contribution >= 0.6 is 15.9 Å². The van der Waals surface area contributed by atoms with Crippen LogP contribution in [0.3, 0.4) is 0 Å². The van der Waals surface area contributed by atoms with Crippen LogP contribution in [0.15, 0.2) is 65.3 Å². The Bertz CT molecular complexity index is 1210. The summed E-state index contributed by atoms with van der Waals surface area (Å²) in [5, 5.41) is 14.1. The van der Waals surface area contributed by atoms with Gasteiger partial charge in [0.15, 0.2) is 0 Å². The number of nitrogens with one attached hydrogen (secondary N) is 3. The van der Waals surface area contributed by atoms with Crippen LogP contribution in [-0.2, 0) is 0 Å². The molecular weight excluding hydrogens is 522 g/mol. The largest absolute Gasteiger partial charge is 0.497 e. The predicted octanol–water partition coefficient (Wildman–Crippen LogP) is 5.80. The summed E-state index contributed by atoms with van der Waals surface area (Å²) in [7, 11) is 1.51. The molecule has 3 aromatic rings. The maximum absolute atomic E-state index is 13.0. The van der Waals surface area contributed by atoms with Crippen molar-refractivity contribution in [3.05, 3.63) is 82.0 Å². The van der Waals surface area contributed by atoms with Gasteiger partial charge in [-0.3, -0.25) is 15.0 Å². The third-order valence-corrected chi connectivity index (χ3v) is 6.06. The molecule has 0 fully saturated rings.